The summed E-state index contributed by atoms with van der Waals surface area (Å²) in [4.78, 5) is 23.3. The molecule has 0 bridgehead atoms. The average Bonchev–Trinajstić information content (AvgIpc) is 3.01. The van der Waals surface area contributed by atoms with E-state index in [0.29, 0.717) is 6.42 Å². The quantitative estimate of drug-likeness (QED) is 0.839. The first kappa shape index (κ1) is 20.4. The zero-order valence-corrected chi connectivity index (χ0v) is 17.8. The van der Waals surface area contributed by atoms with Gasteiger partial charge < -0.3 is 19.5 Å². The maximum atomic E-state index is 13.2. The summed E-state index contributed by atoms with van der Waals surface area (Å²) in [6.07, 6.45) is 4.65. The summed E-state index contributed by atoms with van der Waals surface area (Å²) in [7, 11) is 4.24. The van der Waals surface area contributed by atoms with Crippen molar-refractivity contribution < 1.29 is 9.53 Å². The van der Waals surface area contributed by atoms with E-state index in [4.69, 9.17) is 4.74 Å². The highest BCUT2D eigenvalue weighted by Crippen LogP contribution is 2.33. The van der Waals surface area contributed by atoms with Crippen LogP contribution in [0.25, 0.3) is 10.9 Å². The highest BCUT2D eigenvalue weighted by atomic mass is 16.5. The lowest BCUT2D eigenvalue weighted by Gasteiger charge is -2.43. The number of amides is 1. The molecule has 2 aliphatic heterocycles. The number of piperidine rings is 1. The smallest absolute Gasteiger partial charge is 0.227 e. The highest BCUT2D eigenvalue weighted by Gasteiger charge is 2.40. The monoisotopic (exact) mass is 398 g/mol. The fourth-order valence-electron chi connectivity index (χ4n) is 4.83. The van der Waals surface area contributed by atoms with E-state index in [1.807, 2.05) is 18.3 Å². The summed E-state index contributed by atoms with van der Waals surface area (Å²) >= 11 is 0. The number of benzene rings is 1. The van der Waals surface area contributed by atoms with Gasteiger partial charge in [0.1, 0.15) is 0 Å². The average molecular weight is 399 g/mol. The molecule has 158 valence electrons. The van der Waals surface area contributed by atoms with Crippen molar-refractivity contribution in [2.45, 2.75) is 19.3 Å². The Morgan fingerprint density at radius 3 is 2.97 bits per heavy atom. The molecule has 6 nitrogen and oxygen atoms in total. The van der Waals surface area contributed by atoms with Gasteiger partial charge in [0.15, 0.2) is 0 Å². The van der Waals surface area contributed by atoms with Crippen LogP contribution < -0.4 is 0 Å². The molecule has 1 unspecified atom stereocenters. The predicted octanol–water partition coefficient (Wildman–Crippen LogP) is 2.21. The molecule has 2 fully saturated rings. The van der Waals surface area contributed by atoms with Gasteiger partial charge in [0.05, 0.1) is 19.6 Å². The standard InChI is InChI=1S/C23H34N4O2/c1-25(2)10-11-26-12-13-29-18-23(16-26)8-5-9-27(17-23)22(28)14-19-15-24-21-7-4-3-6-20(19)21/h3-4,6-7,15,24H,5,8-14,16-18H2,1-2H3. The van der Waals surface area contributed by atoms with Crippen molar-refractivity contribution in [2.24, 2.45) is 5.41 Å². The van der Waals surface area contributed by atoms with Crippen molar-refractivity contribution in [2.75, 3.05) is 66.6 Å². The largest absolute Gasteiger partial charge is 0.379 e. The number of fused-ring (bicyclic) bond motifs is 1. The number of hydrogen-bond donors (Lipinski definition) is 1. The van der Waals surface area contributed by atoms with Crippen LogP contribution in [0.1, 0.15) is 18.4 Å². The molecule has 0 aliphatic carbocycles. The Hall–Kier alpha value is -1.89. The number of aromatic amines is 1. The fourth-order valence-corrected chi connectivity index (χ4v) is 4.83. The molecule has 6 heteroatoms. The van der Waals surface area contributed by atoms with Gasteiger partial charge in [-0.3, -0.25) is 9.69 Å². The highest BCUT2D eigenvalue weighted by molar-refractivity contribution is 5.88. The van der Waals surface area contributed by atoms with Crippen LogP contribution in [0.2, 0.25) is 0 Å². The number of ether oxygens (including phenoxy) is 1. The van der Waals surface area contributed by atoms with Crippen molar-refractivity contribution >= 4 is 16.8 Å². The summed E-state index contributed by atoms with van der Waals surface area (Å²) in [5.41, 5.74) is 2.26. The Morgan fingerprint density at radius 2 is 2.10 bits per heavy atom. The van der Waals surface area contributed by atoms with Crippen LogP contribution >= 0.6 is 0 Å². The second kappa shape index (κ2) is 8.86. The van der Waals surface area contributed by atoms with Gasteiger partial charge in [-0.1, -0.05) is 18.2 Å². The van der Waals surface area contributed by atoms with E-state index in [1.165, 1.54) is 0 Å². The predicted molar refractivity (Wildman–Crippen MR) is 116 cm³/mol. The zero-order chi connectivity index (χ0) is 20.3. The normalized spacial score (nSPS) is 23.8. The maximum absolute atomic E-state index is 13.2. The first-order chi connectivity index (χ1) is 14.0. The number of para-hydroxylation sites is 1. The number of likely N-dealkylation sites (tertiary alicyclic amines) is 1. The number of likely N-dealkylation sites (N-methyl/N-ethyl adjacent to an activating group) is 1. The molecule has 0 saturated carbocycles. The minimum Gasteiger partial charge on any atom is -0.379 e. The van der Waals surface area contributed by atoms with Gasteiger partial charge in [0.25, 0.3) is 0 Å². The SMILES string of the molecule is CN(C)CCN1CCOCC2(CCCN(C(=O)Cc3c[nH]c4ccccc34)C2)C1. The molecule has 1 aromatic carbocycles. The number of H-pyrrole nitrogens is 1. The Kier molecular flexibility index (Phi) is 6.23. The first-order valence-corrected chi connectivity index (χ1v) is 10.8. The number of aromatic nitrogens is 1. The van der Waals surface area contributed by atoms with Gasteiger partial charge in [-0.05, 0) is 38.6 Å². The first-order valence-electron chi connectivity index (χ1n) is 10.8. The van der Waals surface area contributed by atoms with E-state index in [0.717, 1.165) is 81.8 Å². The van der Waals surface area contributed by atoms with E-state index >= 15 is 0 Å². The summed E-state index contributed by atoms with van der Waals surface area (Å²) in [5, 5.41) is 1.15. The van der Waals surface area contributed by atoms with Crippen LogP contribution in [-0.4, -0.2) is 92.2 Å². The Labute approximate surface area is 173 Å². The van der Waals surface area contributed by atoms with Crippen molar-refractivity contribution in [3.63, 3.8) is 0 Å². The van der Waals surface area contributed by atoms with Crippen LogP contribution in [0.4, 0.5) is 0 Å². The third-order valence-corrected chi connectivity index (χ3v) is 6.41. The Bertz CT molecular complexity index is 833. The molecule has 1 spiro atoms. The Morgan fingerprint density at radius 1 is 1.24 bits per heavy atom. The maximum Gasteiger partial charge on any atom is 0.227 e. The molecule has 2 aliphatic rings. The van der Waals surface area contributed by atoms with Crippen molar-refractivity contribution in [1.82, 2.24) is 19.7 Å². The number of nitrogens with zero attached hydrogens (tertiary/aromatic N) is 3. The van der Waals surface area contributed by atoms with Gasteiger partial charge >= 0.3 is 0 Å². The van der Waals surface area contributed by atoms with Gasteiger partial charge in [-0.2, -0.15) is 0 Å². The van der Waals surface area contributed by atoms with Crippen molar-refractivity contribution in [3.05, 3.63) is 36.0 Å². The molecule has 1 aromatic heterocycles. The topological polar surface area (TPSA) is 51.8 Å². The molecular formula is C23H34N4O2. The van der Waals surface area contributed by atoms with Crippen molar-refractivity contribution in [1.29, 1.82) is 0 Å². The number of rotatable bonds is 5. The lowest BCUT2D eigenvalue weighted by atomic mass is 9.80. The second-order valence-corrected chi connectivity index (χ2v) is 9.09. The van der Waals surface area contributed by atoms with E-state index in [1.54, 1.807) is 0 Å². The minimum absolute atomic E-state index is 0.0664. The summed E-state index contributed by atoms with van der Waals surface area (Å²) < 4.78 is 6.02. The van der Waals surface area contributed by atoms with Gasteiger partial charge in [-0.25, -0.2) is 0 Å². The van der Waals surface area contributed by atoms with E-state index in [9.17, 15) is 4.79 Å². The molecule has 2 aromatic rings. The molecule has 1 amide bonds. The van der Waals surface area contributed by atoms with E-state index in [-0.39, 0.29) is 11.3 Å². The van der Waals surface area contributed by atoms with Crippen molar-refractivity contribution in [3.8, 4) is 0 Å². The summed E-state index contributed by atoms with van der Waals surface area (Å²) in [6, 6.07) is 8.20. The van der Waals surface area contributed by atoms with Crippen LogP contribution in [0.5, 0.6) is 0 Å². The van der Waals surface area contributed by atoms with E-state index < -0.39 is 0 Å². The molecule has 4 rings (SSSR count). The van der Waals surface area contributed by atoms with Crippen LogP contribution in [0.3, 0.4) is 0 Å². The van der Waals surface area contributed by atoms with Crippen LogP contribution in [0.15, 0.2) is 30.5 Å². The van der Waals surface area contributed by atoms with E-state index in [2.05, 4.69) is 45.9 Å². The second-order valence-electron chi connectivity index (χ2n) is 9.09. The lowest BCUT2D eigenvalue weighted by molar-refractivity contribution is -0.135. The molecule has 3 heterocycles. The number of hydrogen-bond acceptors (Lipinski definition) is 4. The van der Waals surface area contributed by atoms with Gasteiger partial charge in [0.2, 0.25) is 5.91 Å². The molecule has 29 heavy (non-hydrogen) atoms. The molecular weight excluding hydrogens is 364 g/mol. The minimum atomic E-state index is 0.0664. The van der Waals surface area contributed by atoms with Crippen LogP contribution in [-0.2, 0) is 16.0 Å². The number of carbonyl (C=O) groups is 1. The third-order valence-electron chi connectivity index (χ3n) is 6.41. The van der Waals surface area contributed by atoms with Crippen LogP contribution in [0, 0.1) is 5.41 Å². The number of nitrogens with one attached hydrogen (secondary N) is 1. The third kappa shape index (κ3) is 4.82. The zero-order valence-electron chi connectivity index (χ0n) is 17.8. The molecule has 2 saturated heterocycles. The summed E-state index contributed by atoms with van der Waals surface area (Å²) in [5.74, 6) is 0.234. The Balaban J connectivity index is 1.43. The molecule has 1 N–H and O–H groups in total. The molecule has 1 atom stereocenters. The van der Waals surface area contributed by atoms with Gasteiger partial charge in [-0.15, -0.1) is 0 Å². The fraction of sp³-hybridized carbons (Fsp3) is 0.609. The number of carbonyl (C=O) groups excluding carboxylic acids is 1. The molecule has 0 radical (unpaired) electrons. The summed E-state index contributed by atoms with van der Waals surface area (Å²) in [6.45, 7) is 7.35. The lowest BCUT2D eigenvalue weighted by Crippen LogP contribution is -2.52. The van der Waals surface area contributed by atoms with Gasteiger partial charge in [0, 0.05) is 61.8 Å².